The van der Waals surface area contributed by atoms with Crippen LogP contribution in [0.15, 0.2) is 30.3 Å². The van der Waals surface area contributed by atoms with E-state index in [2.05, 4.69) is 20.2 Å². The summed E-state index contributed by atoms with van der Waals surface area (Å²) in [5.74, 6) is 0.447. The fourth-order valence-corrected chi connectivity index (χ4v) is 2.74. The Bertz CT molecular complexity index is 1110. The van der Waals surface area contributed by atoms with Gasteiger partial charge in [0.2, 0.25) is 5.88 Å². The number of aromatic nitrogens is 5. The van der Waals surface area contributed by atoms with Gasteiger partial charge in [-0.3, -0.25) is 4.40 Å². The Morgan fingerprint density at radius 3 is 2.56 bits per heavy atom. The summed E-state index contributed by atoms with van der Waals surface area (Å²) in [6, 6.07) is 8.34. The molecule has 3 heterocycles. The van der Waals surface area contributed by atoms with Crippen molar-refractivity contribution < 1.29 is 13.9 Å². The van der Waals surface area contributed by atoms with Crippen molar-refractivity contribution in [2.24, 2.45) is 0 Å². The molecule has 0 amide bonds. The Balaban J connectivity index is 2.13. The summed E-state index contributed by atoms with van der Waals surface area (Å²) in [4.78, 5) is 8.92. The Labute approximate surface area is 142 Å². The van der Waals surface area contributed by atoms with Crippen LogP contribution in [-0.2, 0) is 0 Å². The molecule has 0 spiro atoms. The zero-order valence-electron chi connectivity index (χ0n) is 13.8. The first-order valence-corrected chi connectivity index (χ1v) is 7.53. The van der Waals surface area contributed by atoms with Crippen LogP contribution in [0.1, 0.15) is 5.69 Å². The molecule has 25 heavy (non-hydrogen) atoms. The lowest BCUT2D eigenvalue weighted by atomic mass is 10.2. The number of benzene rings is 1. The zero-order chi connectivity index (χ0) is 17.6. The van der Waals surface area contributed by atoms with Crippen molar-refractivity contribution in [3.63, 3.8) is 0 Å². The van der Waals surface area contributed by atoms with E-state index in [9.17, 15) is 4.39 Å². The number of halogens is 1. The van der Waals surface area contributed by atoms with E-state index < -0.39 is 5.82 Å². The molecule has 1 aromatic carbocycles. The number of ether oxygens (including phenoxy) is 2. The van der Waals surface area contributed by atoms with Crippen LogP contribution in [0.4, 0.5) is 4.39 Å². The zero-order valence-corrected chi connectivity index (χ0v) is 13.8. The van der Waals surface area contributed by atoms with Gasteiger partial charge in [-0.1, -0.05) is 6.07 Å². The second kappa shape index (κ2) is 5.66. The van der Waals surface area contributed by atoms with Gasteiger partial charge < -0.3 is 9.47 Å². The predicted molar refractivity (Wildman–Crippen MR) is 89.3 cm³/mol. The van der Waals surface area contributed by atoms with E-state index in [1.165, 1.54) is 14.2 Å². The maximum absolute atomic E-state index is 14.8. The lowest BCUT2D eigenvalue weighted by Crippen LogP contribution is -2.01. The van der Waals surface area contributed by atoms with Gasteiger partial charge in [0.05, 0.1) is 25.5 Å². The second-order valence-electron chi connectivity index (χ2n) is 5.40. The number of pyridine rings is 1. The lowest BCUT2D eigenvalue weighted by Gasteiger charge is -2.08. The number of hydrogen-bond acceptors (Lipinski definition) is 6. The summed E-state index contributed by atoms with van der Waals surface area (Å²) in [6.07, 6.45) is 0. The summed E-state index contributed by atoms with van der Waals surface area (Å²) >= 11 is 0. The molecule has 7 nitrogen and oxygen atoms in total. The molecule has 0 bridgehead atoms. The third-order valence-electron chi connectivity index (χ3n) is 3.95. The van der Waals surface area contributed by atoms with E-state index in [4.69, 9.17) is 9.47 Å². The maximum Gasteiger partial charge on any atom is 0.215 e. The van der Waals surface area contributed by atoms with Crippen molar-refractivity contribution in [2.75, 3.05) is 14.2 Å². The molecule has 126 valence electrons. The molecule has 0 fully saturated rings. The monoisotopic (exact) mass is 339 g/mol. The minimum absolute atomic E-state index is 0.142. The van der Waals surface area contributed by atoms with Crippen LogP contribution in [0.25, 0.3) is 28.2 Å². The van der Waals surface area contributed by atoms with Gasteiger partial charge in [0.25, 0.3) is 0 Å². The molecule has 3 aromatic heterocycles. The van der Waals surface area contributed by atoms with Crippen LogP contribution >= 0.6 is 0 Å². The highest BCUT2D eigenvalue weighted by Crippen LogP contribution is 2.31. The van der Waals surface area contributed by atoms with E-state index in [1.807, 2.05) is 0 Å². The average molecular weight is 339 g/mol. The molecular weight excluding hydrogens is 325 g/mol. The van der Waals surface area contributed by atoms with Crippen LogP contribution in [0.5, 0.6) is 11.6 Å². The maximum atomic E-state index is 14.8. The van der Waals surface area contributed by atoms with Crippen molar-refractivity contribution in [1.29, 1.82) is 0 Å². The third-order valence-corrected chi connectivity index (χ3v) is 3.95. The molecule has 0 saturated carbocycles. The van der Waals surface area contributed by atoms with Gasteiger partial charge in [-0.05, 0) is 25.1 Å². The van der Waals surface area contributed by atoms with Crippen molar-refractivity contribution >= 4 is 16.8 Å². The fourth-order valence-electron chi connectivity index (χ4n) is 2.74. The Hall–Kier alpha value is -3.29. The highest BCUT2D eigenvalue weighted by Gasteiger charge is 2.20. The van der Waals surface area contributed by atoms with E-state index in [-0.39, 0.29) is 5.75 Å². The normalized spacial score (nSPS) is 11.2. The molecule has 0 saturated heterocycles. The second-order valence-corrected chi connectivity index (χ2v) is 5.40. The van der Waals surface area contributed by atoms with Crippen LogP contribution in [0.3, 0.4) is 0 Å². The van der Waals surface area contributed by atoms with Crippen LogP contribution in [0, 0.1) is 12.7 Å². The highest BCUT2D eigenvalue weighted by atomic mass is 19.1. The number of fused-ring (bicyclic) bond motifs is 3. The molecule has 0 N–H and O–H groups in total. The standard InChI is InChI=1S/C17H14FN5O2/c1-9-15-22-21-11-7-8-13(25-3)20-17(11)23(15)16(19-9)10-5-4-6-12(24-2)14(10)18/h4-8H,1-3H3. The molecule has 0 aliphatic rings. The Kier molecular flexibility index (Phi) is 3.45. The number of rotatable bonds is 3. The highest BCUT2D eigenvalue weighted by molar-refractivity contribution is 5.78. The van der Waals surface area contributed by atoms with Gasteiger partial charge in [0.1, 0.15) is 5.52 Å². The SMILES string of the molecule is COc1ccc2nnc3c(C)nc(-c4cccc(OC)c4F)n3c2n1. The summed E-state index contributed by atoms with van der Waals surface area (Å²) < 4.78 is 26.7. The van der Waals surface area contributed by atoms with E-state index in [0.717, 1.165) is 0 Å². The lowest BCUT2D eigenvalue weighted by molar-refractivity contribution is 0.387. The summed E-state index contributed by atoms with van der Waals surface area (Å²) in [5.41, 5.74) is 2.46. The number of methoxy groups -OCH3 is 2. The van der Waals surface area contributed by atoms with Gasteiger partial charge >= 0.3 is 0 Å². The summed E-state index contributed by atoms with van der Waals surface area (Å²) in [6.45, 7) is 1.79. The molecule has 4 aromatic rings. The van der Waals surface area contributed by atoms with E-state index >= 15 is 0 Å². The largest absolute Gasteiger partial charge is 0.494 e. The number of nitrogens with zero attached hydrogens (tertiary/aromatic N) is 5. The Morgan fingerprint density at radius 1 is 0.960 bits per heavy atom. The van der Waals surface area contributed by atoms with Gasteiger partial charge in [0, 0.05) is 6.07 Å². The van der Waals surface area contributed by atoms with Gasteiger partial charge in [0.15, 0.2) is 28.7 Å². The summed E-state index contributed by atoms with van der Waals surface area (Å²) in [5, 5.41) is 8.36. The van der Waals surface area contributed by atoms with Crippen LogP contribution in [-0.4, -0.2) is 38.8 Å². The third kappa shape index (κ3) is 2.25. The Morgan fingerprint density at radius 2 is 1.80 bits per heavy atom. The molecule has 0 unspecified atom stereocenters. The van der Waals surface area contributed by atoms with E-state index in [0.29, 0.717) is 39.8 Å². The fraction of sp³-hybridized carbons (Fsp3) is 0.176. The van der Waals surface area contributed by atoms with Gasteiger partial charge in [-0.15, -0.1) is 10.2 Å². The van der Waals surface area contributed by atoms with Crippen LogP contribution < -0.4 is 9.47 Å². The van der Waals surface area contributed by atoms with Gasteiger partial charge in [-0.25, -0.2) is 9.37 Å². The summed E-state index contributed by atoms with van der Waals surface area (Å²) in [7, 11) is 2.95. The molecule has 0 aliphatic heterocycles. The van der Waals surface area contributed by atoms with Crippen molar-refractivity contribution in [1.82, 2.24) is 24.6 Å². The first-order valence-electron chi connectivity index (χ1n) is 7.53. The van der Waals surface area contributed by atoms with Crippen molar-refractivity contribution in [3.05, 3.63) is 41.8 Å². The van der Waals surface area contributed by atoms with Crippen LogP contribution in [0.2, 0.25) is 0 Å². The predicted octanol–water partition coefficient (Wildman–Crippen LogP) is 2.80. The molecule has 0 atom stereocenters. The topological polar surface area (TPSA) is 74.4 Å². The molecular formula is C17H14FN5O2. The molecule has 8 heteroatoms. The molecule has 0 aliphatic carbocycles. The quantitative estimate of drug-likeness (QED) is 0.571. The molecule has 0 radical (unpaired) electrons. The minimum Gasteiger partial charge on any atom is -0.494 e. The van der Waals surface area contributed by atoms with Crippen molar-refractivity contribution in [3.8, 4) is 23.0 Å². The van der Waals surface area contributed by atoms with Gasteiger partial charge in [-0.2, -0.15) is 4.98 Å². The number of imidazole rings is 1. The number of hydrogen-bond donors (Lipinski definition) is 0. The minimum atomic E-state index is -0.496. The number of aryl methyl sites for hydroxylation is 1. The van der Waals surface area contributed by atoms with Crippen molar-refractivity contribution in [2.45, 2.75) is 6.92 Å². The average Bonchev–Trinajstić information content (AvgIpc) is 2.98. The molecule has 4 rings (SSSR count). The van der Waals surface area contributed by atoms with E-state index in [1.54, 1.807) is 41.7 Å². The first kappa shape index (κ1) is 15.3. The first-order chi connectivity index (χ1) is 12.1. The smallest absolute Gasteiger partial charge is 0.215 e.